The van der Waals surface area contributed by atoms with Crippen molar-refractivity contribution in [3.63, 3.8) is 0 Å². The highest BCUT2D eigenvalue weighted by atomic mass is 19.1. The third-order valence-corrected chi connectivity index (χ3v) is 6.07. The summed E-state index contributed by atoms with van der Waals surface area (Å²) in [5, 5.41) is 99.7. The Hall–Kier alpha value is -0.670. The van der Waals surface area contributed by atoms with E-state index in [4.69, 9.17) is 23.7 Å². The fourth-order valence-electron chi connectivity index (χ4n) is 4.00. The Morgan fingerprint density at radius 2 is 0.971 bits per heavy atom. The predicted octanol–water partition coefficient (Wildman–Crippen LogP) is -6.60. The molecule has 0 saturated carbocycles. The molecule has 3 fully saturated rings. The summed E-state index contributed by atoms with van der Waals surface area (Å²) in [5.74, 6) is 0. The van der Waals surface area contributed by atoms with Crippen LogP contribution in [0.3, 0.4) is 0 Å². The molecular weight excluding hydrogens is 475 g/mol. The van der Waals surface area contributed by atoms with Gasteiger partial charge in [-0.3, -0.25) is 0 Å². The van der Waals surface area contributed by atoms with Crippen LogP contribution in [0.25, 0.3) is 0 Å². The minimum absolute atomic E-state index is 0.786. The van der Waals surface area contributed by atoms with Gasteiger partial charge in [-0.25, -0.2) is 4.39 Å². The van der Waals surface area contributed by atoms with Crippen LogP contribution in [0, 0.1) is 0 Å². The molecule has 3 aliphatic heterocycles. The maximum atomic E-state index is 13.4. The molecule has 3 heterocycles. The molecule has 0 spiro atoms. The molecular formula is C18H31FO15. The van der Waals surface area contributed by atoms with Crippen molar-refractivity contribution >= 4 is 0 Å². The molecule has 15 atom stereocenters. The lowest BCUT2D eigenvalue weighted by atomic mass is 9.96. The first kappa shape index (κ1) is 27.9. The number of halogens is 1. The van der Waals surface area contributed by atoms with Crippen LogP contribution in [0.2, 0.25) is 0 Å². The lowest BCUT2D eigenvalue weighted by molar-refractivity contribution is -0.387. The lowest BCUT2D eigenvalue weighted by Gasteiger charge is -2.48. The smallest absolute Gasteiger partial charge is 0.187 e. The standard InChI is InChI=1S/C18H31FO15/c19-1-4-9(24)14(33-17-12(27)10(25)7(22)5(2-20)31-17)15(16(29)30-4)34-18-13(28)11(26)8(23)6(3-21)32-18/h4-18,20-29H,1-3H2/t4-,5-,6-,7-,8-,9-,10+,11+,12+,13+,14+,15+,16+,17-,18-/m1/s1. The number of aliphatic hydroxyl groups is 10. The largest absolute Gasteiger partial charge is 0.394 e. The molecule has 200 valence electrons. The second-order valence-electron chi connectivity index (χ2n) is 8.31. The molecule has 3 rings (SSSR count). The van der Waals surface area contributed by atoms with Gasteiger partial charge in [0.15, 0.2) is 18.9 Å². The van der Waals surface area contributed by atoms with Crippen molar-refractivity contribution in [3.8, 4) is 0 Å². The summed E-state index contributed by atoms with van der Waals surface area (Å²) >= 11 is 0. The van der Waals surface area contributed by atoms with E-state index in [2.05, 4.69) is 0 Å². The number of alkyl halides is 1. The Morgan fingerprint density at radius 1 is 0.529 bits per heavy atom. The molecule has 10 N–H and O–H groups in total. The van der Waals surface area contributed by atoms with E-state index in [-0.39, 0.29) is 0 Å². The fraction of sp³-hybridized carbons (Fsp3) is 1.00. The van der Waals surface area contributed by atoms with Crippen molar-refractivity contribution < 1.29 is 79.1 Å². The van der Waals surface area contributed by atoms with Crippen LogP contribution in [0.1, 0.15) is 0 Å². The summed E-state index contributed by atoms with van der Waals surface area (Å²) in [5.41, 5.74) is 0. The van der Waals surface area contributed by atoms with Gasteiger partial charge >= 0.3 is 0 Å². The predicted molar refractivity (Wildman–Crippen MR) is 100 cm³/mol. The summed E-state index contributed by atoms with van der Waals surface area (Å²) in [4.78, 5) is 0. The molecule has 0 aromatic carbocycles. The summed E-state index contributed by atoms with van der Waals surface area (Å²) in [7, 11) is 0. The number of hydrogen-bond donors (Lipinski definition) is 10. The molecule has 0 aromatic rings. The van der Waals surface area contributed by atoms with Gasteiger partial charge in [0.2, 0.25) is 0 Å². The minimum atomic E-state index is -2.02. The minimum Gasteiger partial charge on any atom is -0.394 e. The van der Waals surface area contributed by atoms with E-state index >= 15 is 0 Å². The highest BCUT2D eigenvalue weighted by molar-refractivity contribution is 4.96. The zero-order valence-corrected chi connectivity index (χ0v) is 17.7. The monoisotopic (exact) mass is 506 g/mol. The molecule has 3 saturated heterocycles. The second kappa shape index (κ2) is 11.6. The second-order valence-corrected chi connectivity index (χ2v) is 8.31. The van der Waals surface area contributed by atoms with Crippen LogP contribution < -0.4 is 0 Å². The van der Waals surface area contributed by atoms with E-state index in [9.17, 15) is 55.5 Å². The number of aliphatic hydroxyl groups excluding tert-OH is 10. The normalized spacial score (nSPS) is 52.5. The molecule has 34 heavy (non-hydrogen) atoms. The van der Waals surface area contributed by atoms with Gasteiger partial charge in [-0.05, 0) is 0 Å². The third-order valence-electron chi connectivity index (χ3n) is 6.07. The van der Waals surface area contributed by atoms with Crippen molar-refractivity contribution in [2.75, 3.05) is 19.9 Å². The van der Waals surface area contributed by atoms with Gasteiger partial charge in [0, 0.05) is 0 Å². The molecule has 16 heteroatoms. The molecule has 3 aliphatic rings. The molecule has 0 radical (unpaired) electrons. The SMILES string of the molecule is OC[C@H]1O[C@H](O[C@H]2[C@H](O)[C@@H](CF)O[C@H](O)[C@H]2O[C@H]2O[C@H](CO)[C@@H](O)[C@H](O)[C@@H]2O)[C@@H](O)[C@@H](O)[C@@H]1O. The Balaban J connectivity index is 1.83. The Morgan fingerprint density at radius 3 is 1.38 bits per heavy atom. The van der Waals surface area contributed by atoms with Crippen molar-refractivity contribution in [2.45, 2.75) is 92.1 Å². The molecule has 0 unspecified atom stereocenters. The first-order chi connectivity index (χ1) is 16.0. The van der Waals surface area contributed by atoms with Gasteiger partial charge < -0.3 is 74.7 Å². The Labute approximate surface area is 192 Å². The van der Waals surface area contributed by atoms with E-state index in [0.29, 0.717) is 0 Å². The van der Waals surface area contributed by atoms with Gasteiger partial charge in [0.05, 0.1) is 13.2 Å². The van der Waals surface area contributed by atoms with E-state index < -0.39 is 112 Å². The van der Waals surface area contributed by atoms with Crippen molar-refractivity contribution in [1.82, 2.24) is 0 Å². The van der Waals surface area contributed by atoms with E-state index in [0.717, 1.165) is 0 Å². The van der Waals surface area contributed by atoms with E-state index in [1.165, 1.54) is 0 Å². The van der Waals surface area contributed by atoms with Gasteiger partial charge in [-0.2, -0.15) is 0 Å². The highest BCUT2D eigenvalue weighted by Gasteiger charge is 2.53. The summed E-state index contributed by atoms with van der Waals surface area (Å²) in [6, 6.07) is 0. The van der Waals surface area contributed by atoms with Gasteiger partial charge in [0.1, 0.15) is 79.9 Å². The van der Waals surface area contributed by atoms with Crippen LogP contribution in [-0.2, 0) is 23.7 Å². The average molecular weight is 506 g/mol. The van der Waals surface area contributed by atoms with E-state index in [1.807, 2.05) is 0 Å². The van der Waals surface area contributed by atoms with E-state index in [1.54, 1.807) is 0 Å². The average Bonchev–Trinajstić information content (AvgIpc) is 2.83. The van der Waals surface area contributed by atoms with Crippen molar-refractivity contribution in [2.24, 2.45) is 0 Å². The van der Waals surface area contributed by atoms with Crippen LogP contribution >= 0.6 is 0 Å². The number of hydrogen-bond acceptors (Lipinski definition) is 15. The molecule has 0 aromatic heterocycles. The number of ether oxygens (including phenoxy) is 5. The fourth-order valence-corrected chi connectivity index (χ4v) is 4.00. The third kappa shape index (κ3) is 5.36. The number of rotatable bonds is 7. The van der Waals surface area contributed by atoms with Gasteiger partial charge in [-0.1, -0.05) is 0 Å². The zero-order chi connectivity index (χ0) is 25.3. The van der Waals surface area contributed by atoms with Crippen molar-refractivity contribution in [1.29, 1.82) is 0 Å². The molecule has 0 bridgehead atoms. The van der Waals surface area contributed by atoms with Gasteiger partial charge in [0.25, 0.3) is 0 Å². The first-order valence-corrected chi connectivity index (χ1v) is 10.5. The molecule has 0 amide bonds. The van der Waals surface area contributed by atoms with Gasteiger partial charge in [-0.15, -0.1) is 0 Å². The summed E-state index contributed by atoms with van der Waals surface area (Å²) in [6.45, 7) is -2.87. The summed E-state index contributed by atoms with van der Waals surface area (Å²) < 4.78 is 39.6. The van der Waals surface area contributed by atoms with Crippen molar-refractivity contribution in [3.05, 3.63) is 0 Å². The highest BCUT2D eigenvalue weighted by Crippen LogP contribution is 2.32. The first-order valence-electron chi connectivity index (χ1n) is 10.5. The maximum Gasteiger partial charge on any atom is 0.187 e. The summed E-state index contributed by atoms with van der Waals surface area (Å²) in [6.07, 6.45) is -26.5. The molecule has 0 aliphatic carbocycles. The quantitative estimate of drug-likeness (QED) is 0.154. The van der Waals surface area contributed by atoms with Crippen LogP contribution in [-0.4, -0.2) is 163 Å². The van der Waals surface area contributed by atoms with Crippen LogP contribution in [0.5, 0.6) is 0 Å². The maximum absolute atomic E-state index is 13.4. The topological polar surface area (TPSA) is 248 Å². The Kier molecular flexibility index (Phi) is 9.51. The van der Waals surface area contributed by atoms with Crippen LogP contribution in [0.15, 0.2) is 0 Å². The zero-order valence-electron chi connectivity index (χ0n) is 17.7. The lowest BCUT2D eigenvalue weighted by Crippen LogP contribution is -2.66. The molecule has 15 nitrogen and oxygen atoms in total. The van der Waals surface area contributed by atoms with Crippen LogP contribution in [0.4, 0.5) is 4.39 Å². The Bertz CT molecular complexity index is 642.